The lowest BCUT2D eigenvalue weighted by atomic mass is 10.0. The van der Waals surface area contributed by atoms with E-state index in [0.717, 1.165) is 64.6 Å². The second-order valence-electron chi connectivity index (χ2n) is 14.6. The average molecular weight is 812 g/mol. The minimum absolute atomic E-state index is 0.630. The molecule has 0 unspecified atom stereocenters. The molecule has 0 radical (unpaired) electrons. The molecule has 0 amide bonds. The summed E-state index contributed by atoms with van der Waals surface area (Å²) in [7, 11) is 0. The molecule has 0 fully saturated rings. The molecule has 0 aliphatic carbocycles. The van der Waals surface area contributed by atoms with E-state index in [0.29, 0.717) is 11.5 Å². The molecule has 0 atom stereocenters. The fourth-order valence-electron chi connectivity index (χ4n) is 7.74. The molecule has 0 aliphatic rings. The van der Waals surface area contributed by atoms with Gasteiger partial charge in [0, 0.05) is 67.4 Å². The summed E-state index contributed by atoms with van der Waals surface area (Å²) in [6, 6.07) is 57.4. The predicted octanol–water partition coefficient (Wildman–Crippen LogP) is 15.4. The first kappa shape index (κ1) is 36.7. The van der Waals surface area contributed by atoms with Gasteiger partial charge in [0.2, 0.25) is 0 Å². The molecule has 0 aliphatic heterocycles. The van der Waals surface area contributed by atoms with Crippen molar-refractivity contribution in [2.45, 2.75) is 13.8 Å². The number of aryl methyl sites for hydroxylation is 1. The van der Waals surface area contributed by atoms with E-state index in [1.165, 1.54) is 41.2 Å². The summed E-state index contributed by atoms with van der Waals surface area (Å²) < 4.78 is 6.06. The molecule has 59 heavy (non-hydrogen) atoms. The van der Waals surface area contributed by atoms with Gasteiger partial charge in [-0.3, -0.25) is 0 Å². The van der Waals surface area contributed by atoms with E-state index >= 15 is 0 Å². The molecule has 3 nitrogen and oxygen atoms in total. The maximum atomic E-state index is 5.31. The Hall–Kier alpha value is -6.57. The van der Waals surface area contributed by atoms with Crippen molar-refractivity contribution < 1.29 is 0 Å². The van der Waals surface area contributed by atoms with E-state index in [-0.39, 0.29) is 0 Å². The molecule has 0 spiro atoms. The second kappa shape index (κ2) is 15.3. The van der Waals surface area contributed by atoms with Crippen LogP contribution in [0.5, 0.6) is 0 Å². The van der Waals surface area contributed by atoms with E-state index in [2.05, 4.69) is 154 Å². The highest BCUT2D eigenvalue weighted by Gasteiger charge is 2.19. The number of nitrogens with zero attached hydrogens (tertiary/aromatic N) is 3. The number of hydrogen-bond donors (Lipinski definition) is 0. The van der Waals surface area contributed by atoms with Crippen LogP contribution in [0.25, 0.3) is 61.8 Å². The van der Waals surface area contributed by atoms with Crippen LogP contribution < -0.4 is 0 Å². The molecule has 0 N–H and O–H groups in total. The van der Waals surface area contributed by atoms with Crippen molar-refractivity contribution in [2.24, 2.45) is 15.0 Å². The Bertz CT molecular complexity index is 3380. The first-order chi connectivity index (χ1) is 28.9. The first-order valence-electron chi connectivity index (χ1n) is 19.5. The van der Waals surface area contributed by atoms with Gasteiger partial charge in [-0.15, -0.1) is 34.0 Å². The number of fused-ring (bicyclic) bond motifs is 7. The molecule has 10 rings (SSSR count). The van der Waals surface area contributed by atoms with Crippen molar-refractivity contribution in [1.82, 2.24) is 0 Å². The summed E-state index contributed by atoms with van der Waals surface area (Å²) in [6.07, 6.45) is 0. The van der Waals surface area contributed by atoms with Gasteiger partial charge in [-0.1, -0.05) is 147 Å². The van der Waals surface area contributed by atoms with Gasteiger partial charge in [0.05, 0.1) is 22.0 Å². The van der Waals surface area contributed by atoms with E-state index in [9.17, 15) is 0 Å². The Morgan fingerprint density at radius 3 is 1.75 bits per heavy atom. The summed E-state index contributed by atoms with van der Waals surface area (Å²) in [4.78, 5) is 16.9. The first-order valence-corrected chi connectivity index (χ1v) is 21.9. The third-order valence-corrected chi connectivity index (χ3v) is 14.5. The third kappa shape index (κ3) is 6.85. The molecule has 6 heteroatoms. The van der Waals surface area contributed by atoms with Crippen LogP contribution in [0.4, 0.5) is 0 Å². The topological polar surface area (TPSA) is 37.1 Å². The molecular formula is C53H37N3S3. The maximum absolute atomic E-state index is 5.31. The predicted molar refractivity (Wildman–Crippen MR) is 261 cm³/mol. The zero-order valence-electron chi connectivity index (χ0n) is 32.6. The lowest BCUT2D eigenvalue weighted by Crippen LogP contribution is -2.04. The number of thiophene rings is 3. The molecule has 10 aromatic rings. The van der Waals surface area contributed by atoms with E-state index in [4.69, 9.17) is 15.0 Å². The summed E-state index contributed by atoms with van der Waals surface area (Å²) >= 11 is 5.35. The van der Waals surface area contributed by atoms with Crippen LogP contribution in [0, 0.1) is 6.92 Å². The van der Waals surface area contributed by atoms with Gasteiger partial charge in [0.1, 0.15) is 0 Å². The fourth-order valence-corrected chi connectivity index (χ4v) is 11.4. The van der Waals surface area contributed by atoms with Gasteiger partial charge in [-0.05, 0) is 66.3 Å². The van der Waals surface area contributed by atoms with E-state index in [1.807, 2.05) is 47.7 Å². The number of benzene rings is 7. The van der Waals surface area contributed by atoms with Gasteiger partial charge in [0.15, 0.2) is 5.84 Å². The molecular weight excluding hydrogens is 775 g/mol. The summed E-state index contributed by atoms with van der Waals surface area (Å²) in [6.45, 7) is 13.2. The van der Waals surface area contributed by atoms with Crippen LogP contribution in [-0.4, -0.2) is 17.3 Å². The molecule has 0 saturated carbocycles. The number of hydrogen-bond acceptors (Lipinski definition) is 5. The Morgan fingerprint density at radius 1 is 0.441 bits per heavy atom. The molecule has 7 aromatic carbocycles. The lowest BCUT2D eigenvalue weighted by Gasteiger charge is -2.09. The van der Waals surface area contributed by atoms with Crippen molar-refractivity contribution in [3.05, 3.63) is 215 Å². The van der Waals surface area contributed by atoms with Gasteiger partial charge in [0.25, 0.3) is 0 Å². The highest BCUT2D eigenvalue weighted by Crippen LogP contribution is 2.40. The van der Waals surface area contributed by atoms with E-state index in [1.54, 1.807) is 22.7 Å². The number of rotatable bonds is 8. The SMILES string of the molecule is C=C(N=C(c1ccccc1)c1sc2ccccc2c1C)c1ccc2c(c1)sc1c(C(N=C(C)c3ccc4c(c3)sc3ccccc34)=NC(=C)c3ccccc3)cccc12. The van der Waals surface area contributed by atoms with Crippen LogP contribution in [0.3, 0.4) is 0 Å². The standard InChI is InChI=1S/C53H37N3S3/c1-32-40-20-11-13-24-46(40)58-51(32)50(37-18-9-6-10-19-37)54-34(3)38-27-29-43-44-22-15-23-45(52(44)59-49(43)31-38)53(55-33(2)36-16-7-5-8-17-36)56-35(4)39-26-28-42-41-21-12-14-25-47(41)57-48(42)30-39/h5-31H,2-3H2,1,4H3. The minimum Gasteiger partial charge on any atom is -0.247 e. The number of aliphatic imine (C=N–C) groups is 3. The third-order valence-electron chi connectivity index (χ3n) is 10.8. The molecule has 0 saturated heterocycles. The monoisotopic (exact) mass is 811 g/mol. The molecule has 3 heterocycles. The summed E-state index contributed by atoms with van der Waals surface area (Å²) in [5, 5.41) is 6.15. The van der Waals surface area contributed by atoms with Crippen LogP contribution in [0.2, 0.25) is 0 Å². The fraction of sp³-hybridized carbons (Fsp3) is 0.0377. The van der Waals surface area contributed by atoms with Crippen molar-refractivity contribution in [3.8, 4) is 0 Å². The molecule has 3 aromatic heterocycles. The van der Waals surface area contributed by atoms with Gasteiger partial charge < -0.3 is 0 Å². The molecule has 0 bridgehead atoms. The minimum atomic E-state index is 0.630. The summed E-state index contributed by atoms with van der Waals surface area (Å²) in [5.41, 5.74) is 9.48. The average Bonchev–Trinajstić information content (AvgIpc) is 3.96. The quantitative estimate of drug-likeness (QED) is 0.108. The van der Waals surface area contributed by atoms with Crippen molar-refractivity contribution in [1.29, 1.82) is 0 Å². The Balaban J connectivity index is 1.07. The van der Waals surface area contributed by atoms with Crippen LogP contribution >= 0.6 is 34.0 Å². The smallest absolute Gasteiger partial charge is 0.161 e. The van der Waals surface area contributed by atoms with Crippen LogP contribution in [-0.2, 0) is 0 Å². The van der Waals surface area contributed by atoms with Crippen LogP contribution in [0.1, 0.15) is 45.2 Å². The highest BCUT2D eigenvalue weighted by molar-refractivity contribution is 7.26. The Labute approximate surface area is 355 Å². The van der Waals surface area contributed by atoms with Gasteiger partial charge in [-0.2, -0.15) is 0 Å². The van der Waals surface area contributed by atoms with Crippen molar-refractivity contribution in [2.75, 3.05) is 0 Å². The lowest BCUT2D eigenvalue weighted by molar-refractivity contribution is 1.45. The zero-order valence-corrected chi connectivity index (χ0v) is 35.0. The number of amidine groups is 1. The summed E-state index contributed by atoms with van der Waals surface area (Å²) in [5.74, 6) is 0.630. The second-order valence-corrected chi connectivity index (χ2v) is 17.8. The Morgan fingerprint density at radius 2 is 1.00 bits per heavy atom. The van der Waals surface area contributed by atoms with Crippen LogP contribution in [0.15, 0.2) is 192 Å². The van der Waals surface area contributed by atoms with E-state index < -0.39 is 0 Å². The van der Waals surface area contributed by atoms with Crippen molar-refractivity contribution >= 4 is 113 Å². The maximum Gasteiger partial charge on any atom is 0.161 e. The Kier molecular flexibility index (Phi) is 9.54. The largest absolute Gasteiger partial charge is 0.247 e. The zero-order chi connectivity index (χ0) is 40.0. The van der Waals surface area contributed by atoms with Gasteiger partial charge in [-0.25, -0.2) is 15.0 Å². The highest BCUT2D eigenvalue weighted by atomic mass is 32.1. The molecule has 282 valence electrons. The van der Waals surface area contributed by atoms with Crippen molar-refractivity contribution in [3.63, 3.8) is 0 Å². The normalized spacial score (nSPS) is 12.7. The van der Waals surface area contributed by atoms with Gasteiger partial charge >= 0.3 is 0 Å².